The minimum absolute atomic E-state index is 0.637. The average molecular weight is 147 g/mol. The largest absolute Gasteiger partial charge is 0.192 e. The second-order valence-corrected chi connectivity index (χ2v) is 2.05. The van der Waals surface area contributed by atoms with Crippen LogP contribution in [0.4, 0.5) is 0 Å². The lowest BCUT2D eigenvalue weighted by atomic mass is 10.1. The van der Waals surface area contributed by atoms with Crippen molar-refractivity contribution in [3.05, 3.63) is 35.4 Å². The Labute approximate surface area is 64.9 Å². The van der Waals surface area contributed by atoms with Crippen LogP contribution in [0, 0.1) is 11.3 Å². The van der Waals surface area contributed by atoms with Crippen molar-refractivity contribution in [3.63, 3.8) is 0 Å². The summed E-state index contributed by atoms with van der Waals surface area (Å²) < 4.78 is 0. The third kappa shape index (κ3) is 1.20. The molecule has 0 atom stereocenters. The van der Waals surface area contributed by atoms with Gasteiger partial charge in [0.25, 0.3) is 0 Å². The van der Waals surface area contributed by atoms with E-state index in [1.165, 1.54) is 5.37 Å². The summed E-state index contributed by atoms with van der Waals surface area (Å²) in [5.74, 6) is 0. The zero-order chi connectivity index (χ0) is 7.40. The van der Waals surface area contributed by atoms with Crippen molar-refractivity contribution in [2.75, 3.05) is 0 Å². The highest BCUT2D eigenvalue weighted by molar-refractivity contribution is 7.79. The molecular weight excluding hydrogens is 142 g/mol. The number of benzene rings is 1. The molecule has 10 heavy (non-hydrogen) atoms. The van der Waals surface area contributed by atoms with Gasteiger partial charge in [-0.1, -0.05) is 30.4 Å². The number of thiocarbonyl (C=S) groups is 1. The van der Waals surface area contributed by atoms with Crippen LogP contribution in [0.5, 0.6) is 0 Å². The maximum atomic E-state index is 8.53. The van der Waals surface area contributed by atoms with E-state index in [0.29, 0.717) is 5.56 Å². The first kappa shape index (κ1) is 6.91. The minimum Gasteiger partial charge on any atom is -0.192 e. The molecule has 1 aromatic rings. The molecule has 0 aliphatic carbocycles. The molecular formula is C8H5NS. The highest BCUT2D eigenvalue weighted by Crippen LogP contribution is 2.03. The van der Waals surface area contributed by atoms with Crippen molar-refractivity contribution in [2.24, 2.45) is 0 Å². The third-order valence-electron chi connectivity index (χ3n) is 1.21. The molecule has 0 saturated heterocycles. The second kappa shape index (κ2) is 3.09. The summed E-state index contributed by atoms with van der Waals surface area (Å²) >= 11 is 4.70. The van der Waals surface area contributed by atoms with Gasteiger partial charge in [-0.2, -0.15) is 5.26 Å². The van der Waals surface area contributed by atoms with Crippen LogP contribution in [0.3, 0.4) is 0 Å². The van der Waals surface area contributed by atoms with E-state index in [1.807, 2.05) is 24.3 Å². The standard InChI is InChI=1S/C8H5NS/c9-5-7-3-1-2-4-8(7)6-10/h1-4,6H. The van der Waals surface area contributed by atoms with Crippen LogP contribution < -0.4 is 0 Å². The summed E-state index contributed by atoms with van der Waals surface area (Å²) in [5.41, 5.74) is 1.46. The summed E-state index contributed by atoms with van der Waals surface area (Å²) in [4.78, 5) is 0. The maximum absolute atomic E-state index is 8.53. The topological polar surface area (TPSA) is 23.8 Å². The van der Waals surface area contributed by atoms with E-state index in [-0.39, 0.29) is 0 Å². The van der Waals surface area contributed by atoms with E-state index in [0.717, 1.165) is 5.56 Å². The fourth-order valence-electron chi connectivity index (χ4n) is 0.702. The van der Waals surface area contributed by atoms with E-state index in [2.05, 4.69) is 0 Å². The van der Waals surface area contributed by atoms with E-state index >= 15 is 0 Å². The van der Waals surface area contributed by atoms with Gasteiger partial charge < -0.3 is 0 Å². The van der Waals surface area contributed by atoms with Gasteiger partial charge in [0.15, 0.2) is 0 Å². The van der Waals surface area contributed by atoms with Crippen LogP contribution >= 0.6 is 12.2 Å². The monoisotopic (exact) mass is 147 g/mol. The van der Waals surface area contributed by atoms with Gasteiger partial charge in [-0.05, 0) is 6.07 Å². The molecule has 0 bridgehead atoms. The van der Waals surface area contributed by atoms with Gasteiger partial charge in [0, 0.05) is 10.9 Å². The van der Waals surface area contributed by atoms with E-state index in [4.69, 9.17) is 17.5 Å². The lowest BCUT2D eigenvalue weighted by Crippen LogP contribution is -1.83. The van der Waals surface area contributed by atoms with Crippen molar-refractivity contribution in [1.82, 2.24) is 0 Å². The molecule has 0 aromatic heterocycles. The zero-order valence-corrected chi connectivity index (χ0v) is 6.06. The van der Waals surface area contributed by atoms with Gasteiger partial charge in [-0.15, -0.1) is 0 Å². The van der Waals surface area contributed by atoms with Gasteiger partial charge in [0.05, 0.1) is 11.6 Å². The molecule has 0 spiro atoms. The second-order valence-electron chi connectivity index (χ2n) is 1.82. The fourth-order valence-corrected chi connectivity index (χ4v) is 0.907. The number of rotatable bonds is 1. The highest BCUT2D eigenvalue weighted by Gasteiger charge is 1.93. The lowest BCUT2D eigenvalue weighted by Gasteiger charge is -1.91. The summed E-state index contributed by atoms with van der Waals surface area (Å²) in [6.45, 7) is 0. The predicted octanol–water partition coefficient (Wildman–Crippen LogP) is 1.91. The molecule has 1 nitrogen and oxygen atoms in total. The van der Waals surface area contributed by atoms with Gasteiger partial charge in [0.1, 0.15) is 0 Å². The highest BCUT2D eigenvalue weighted by atomic mass is 32.1. The van der Waals surface area contributed by atoms with Gasteiger partial charge in [0.2, 0.25) is 0 Å². The number of nitrogens with zero attached hydrogens (tertiary/aromatic N) is 1. The Bertz CT molecular complexity index is 286. The molecule has 0 amide bonds. The van der Waals surface area contributed by atoms with Crippen molar-refractivity contribution in [3.8, 4) is 6.07 Å². The van der Waals surface area contributed by atoms with Crippen LogP contribution in [0.1, 0.15) is 11.1 Å². The quantitative estimate of drug-likeness (QED) is 0.566. The third-order valence-corrected chi connectivity index (χ3v) is 1.46. The Morgan fingerprint density at radius 3 is 2.60 bits per heavy atom. The first-order chi connectivity index (χ1) is 4.88. The Morgan fingerprint density at radius 2 is 2.10 bits per heavy atom. The Balaban J connectivity index is 3.24. The van der Waals surface area contributed by atoms with E-state index < -0.39 is 0 Å². The van der Waals surface area contributed by atoms with Crippen LogP contribution in [-0.4, -0.2) is 5.37 Å². The molecule has 0 aliphatic heterocycles. The predicted molar refractivity (Wildman–Crippen MR) is 43.9 cm³/mol. The van der Waals surface area contributed by atoms with Crippen molar-refractivity contribution in [2.45, 2.75) is 0 Å². The van der Waals surface area contributed by atoms with Crippen molar-refractivity contribution >= 4 is 17.6 Å². The molecule has 0 radical (unpaired) electrons. The zero-order valence-electron chi connectivity index (χ0n) is 5.24. The normalized spacial score (nSPS) is 8.30. The van der Waals surface area contributed by atoms with Gasteiger partial charge >= 0.3 is 0 Å². The Hall–Kier alpha value is -1.20. The van der Waals surface area contributed by atoms with E-state index in [9.17, 15) is 0 Å². The number of hydrogen-bond acceptors (Lipinski definition) is 2. The molecule has 0 heterocycles. The summed E-state index contributed by atoms with van der Waals surface area (Å²) in [6, 6.07) is 9.30. The first-order valence-corrected chi connectivity index (χ1v) is 3.30. The van der Waals surface area contributed by atoms with Crippen molar-refractivity contribution < 1.29 is 0 Å². The molecule has 1 aromatic carbocycles. The summed E-state index contributed by atoms with van der Waals surface area (Å²) in [7, 11) is 0. The molecule has 2 heteroatoms. The van der Waals surface area contributed by atoms with E-state index in [1.54, 1.807) is 6.07 Å². The lowest BCUT2D eigenvalue weighted by molar-refractivity contribution is 1.48. The average Bonchev–Trinajstić information content (AvgIpc) is 2.04. The molecule has 0 saturated carbocycles. The SMILES string of the molecule is N#Cc1ccccc1C=S. The first-order valence-electron chi connectivity index (χ1n) is 2.83. The summed E-state index contributed by atoms with van der Waals surface area (Å²) in [5, 5.41) is 10.0. The molecule has 1 rings (SSSR count). The molecule has 48 valence electrons. The maximum Gasteiger partial charge on any atom is 0.0998 e. The molecule has 0 aliphatic rings. The Morgan fingerprint density at radius 1 is 1.40 bits per heavy atom. The Kier molecular flexibility index (Phi) is 2.14. The van der Waals surface area contributed by atoms with Crippen LogP contribution in [0.15, 0.2) is 24.3 Å². The minimum atomic E-state index is 0.637. The van der Waals surface area contributed by atoms with Gasteiger partial charge in [-0.3, -0.25) is 0 Å². The molecule has 0 unspecified atom stereocenters. The van der Waals surface area contributed by atoms with Crippen molar-refractivity contribution in [1.29, 1.82) is 5.26 Å². The summed E-state index contributed by atoms with van der Waals surface area (Å²) in [6.07, 6.45) is 0. The van der Waals surface area contributed by atoms with Crippen LogP contribution in [0.25, 0.3) is 0 Å². The fraction of sp³-hybridized carbons (Fsp3) is 0. The molecule has 0 N–H and O–H groups in total. The van der Waals surface area contributed by atoms with Crippen LogP contribution in [0.2, 0.25) is 0 Å². The number of hydrogen-bond donors (Lipinski definition) is 0. The number of nitriles is 1. The molecule has 0 fully saturated rings. The van der Waals surface area contributed by atoms with Gasteiger partial charge in [-0.25, -0.2) is 0 Å². The van der Waals surface area contributed by atoms with Crippen LogP contribution in [-0.2, 0) is 0 Å². The smallest absolute Gasteiger partial charge is 0.0998 e.